The number of carbonyl (C=O) groups excluding carboxylic acids is 2. The number of hydrogen-bond donors (Lipinski definition) is 1. The van der Waals surface area contributed by atoms with E-state index in [1.165, 1.54) is 0 Å². The highest BCUT2D eigenvalue weighted by Gasteiger charge is 2.33. The maximum absolute atomic E-state index is 13.5. The first kappa shape index (κ1) is 20.5. The molecule has 1 aliphatic carbocycles. The Morgan fingerprint density at radius 3 is 2.69 bits per heavy atom. The van der Waals surface area contributed by atoms with E-state index in [0.717, 1.165) is 42.8 Å². The van der Waals surface area contributed by atoms with Gasteiger partial charge >= 0.3 is 5.97 Å². The van der Waals surface area contributed by atoms with Crippen molar-refractivity contribution in [2.24, 2.45) is 0 Å². The Morgan fingerprint density at radius 2 is 1.94 bits per heavy atom. The second-order valence-corrected chi connectivity index (χ2v) is 8.22. The summed E-state index contributed by atoms with van der Waals surface area (Å²) in [7, 11) is 2.11. The molecule has 0 spiro atoms. The molecule has 8 heteroatoms. The number of nitrogens with zero attached hydrogens (tertiary/aromatic N) is 3. The summed E-state index contributed by atoms with van der Waals surface area (Å²) in [5, 5.41) is 8.49. The van der Waals surface area contributed by atoms with E-state index in [0.29, 0.717) is 41.1 Å². The van der Waals surface area contributed by atoms with Gasteiger partial charge in [-0.3, -0.25) is 9.59 Å². The zero-order valence-corrected chi connectivity index (χ0v) is 18.3. The maximum atomic E-state index is 13.5. The number of carbonyl (C=O) groups is 2. The molecule has 2 aromatic carbocycles. The average molecular weight is 434 g/mol. The number of likely N-dealkylation sites (N-methyl/N-ethyl adjacent to an activating group) is 1. The molecule has 2 heterocycles. The summed E-state index contributed by atoms with van der Waals surface area (Å²) in [6, 6.07) is 9.46. The largest absolute Gasteiger partial charge is 0.464 e. The minimum absolute atomic E-state index is 0.0562. The fraction of sp³-hybridized carbons (Fsp3) is 0.375. The van der Waals surface area contributed by atoms with Gasteiger partial charge in [0.05, 0.1) is 16.6 Å². The summed E-state index contributed by atoms with van der Waals surface area (Å²) in [4.78, 5) is 29.6. The van der Waals surface area contributed by atoms with E-state index >= 15 is 0 Å². The Bertz CT molecular complexity index is 1190. The summed E-state index contributed by atoms with van der Waals surface area (Å²) in [6.45, 7) is 6.03. The van der Waals surface area contributed by atoms with Crippen LogP contribution in [-0.4, -0.2) is 68.2 Å². The molecule has 1 aliphatic heterocycles. The third-order valence-electron chi connectivity index (χ3n) is 6.19. The van der Waals surface area contributed by atoms with Gasteiger partial charge in [-0.25, -0.2) is 0 Å². The average Bonchev–Trinajstić information content (AvgIpc) is 3.26. The van der Waals surface area contributed by atoms with Gasteiger partial charge in [0.1, 0.15) is 12.1 Å². The molecular weight excluding hydrogens is 408 g/mol. The van der Waals surface area contributed by atoms with Crippen LogP contribution in [-0.2, 0) is 9.53 Å². The van der Waals surface area contributed by atoms with Crippen LogP contribution in [0.15, 0.2) is 34.9 Å². The molecule has 166 valence electrons. The van der Waals surface area contributed by atoms with Crippen molar-refractivity contribution in [1.29, 1.82) is 0 Å². The van der Waals surface area contributed by atoms with Gasteiger partial charge in [-0.1, -0.05) is 36.3 Å². The fourth-order valence-corrected chi connectivity index (χ4v) is 4.42. The van der Waals surface area contributed by atoms with E-state index in [-0.39, 0.29) is 18.4 Å². The summed E-state index contributed by atoms with van der Waals surface area (Å²) >= 11 is 0. The third-order valence-corrected chi connectivity index (χ3v) is 6.19. The number of anilines is 2. The number of fused-ring (bicyclic) bond motifs is 2. The highest BCUT2D eigenvalue weighted by Crippen LogP contribution is 2.45. The molecule has 1 saturated heterocycles. The van der Waals surface area contributed by atoms with Gasteiger partial charge in [0.25, 0.3) is 0 Å². The van der Waals surface area contributed by atoms with Crippen molar-refractivity contribution in [2.45, 2.75) is 13.3 Å². The number of nitrogens with one attached hydrogen (secondary N) is 1. The Labute approximate surface area is 186 Å². The fourth-order valence-electron chi connectivity index (χ4n) is 4.42. The Morgan fingerprint density at radius 1 is 1.19 bits per heavy atom. The van der Waals surface area contributed by atoms with E-state index in [4.69, 9.17) is 9.26 Å². The topological polar surface area (TPSA) is 87.9 Å². The first-order valence-electron chi connectivity index (χ1n) is 11.0. The summed E-state index contributed by atoms with van der Waals surface area (Å²) in [5.74, 6) is 0.328. The second kappa shape index (κ2) is 8.27. The van der Waals surface area contributed by atoms with Crippen molar-refractivity contribution in [2.75, 3.05) is 56.6 Å². The number of ether oxygens (including phenoxy) is 1. The normalized spacial score (nSPS) is 15.7. The maximum Gasteiger partial charge on any atom is 0.305 e. The molecule has 1 fully saturated rings. The lowest BCUT2D eigenvalue weighted by Gasteiger charge is -2.34. The highest BCUT2D eigenvalue weighted by molar-refractivity contribution is 6.28. The van der Waals surface area contributed by atoms with Gasteiger partial charge in [0, 0.05) is 56.0 Å². The molecular formula is C24H26N4O4. The molecule has 0 radical (unpaired) electrons. The summed E-state index contributed by atoms with van der Waals surface area (Å²) in [5.41, 5.74) is 4.31. The van der Waals surface area contributed by atoms with Crippen LogP contribution in [0.4, 0.5) is 11.4 Å². The molecule has 0 saturated carbocycles. The van der Waals surface area contributed by atoms with Crippen molar-refractivity contribution in [1.82, 2.24) is 10.1 Å². The molecule has 0 atom stereocenters. The zero-order valence-electron chi connectivity index (χ0n) is 18.3. The number of rotatable bonds is 6. The van der Waals surface area contributed by atoms with Crippen LogP contribution in [0.3, 0.4) is 0 Å². The summed E-state index contributed by atoms with van der Waals surface area (Å²) < 4.78 is 11.0. The monoisotopic (exact) mass is 434 g/mol. The molecule has 2 aliphatic rings. The van der Waals surface area contributed by atoms with Crippen LogP contribution in [0.1, 0.15) is 29.3 Å². The number of hydrogen-bond acceptors (Lipinski definition) is 8. The Kier molecular flexibility index (Phi) is 5.30. The molecule has 1 N–H and O–H groups in total. The zero-order chi connectivity index (χ0) is 22.2. The predicted octanol–water partition coefficient (Wildman–Crippen LogP) is 3.16. The standard InChI is InChI=1S/C24H26N4O4/c1-3-19(29)31-13-8-25-17-14-18(28-11-9-27(2)10-12-28)22-21-20(17)23(30)15-6-4-5-7-16(15)24(21)32-26-22/h4-7,14,25H,3,8-13H2,1-2H3. The lowest BCUT2D eigenvalue weighted by Crippen LogP contribution is -2.44. The minimum atomic E-state index is -0.243. The molecule has 32 heavy (non-hydrogen) atoms. The van der Waals surface area contributed by atoms with Gasteiger partial charge in [0.2, 0.25) is 0 Å². The Hall–Kier alpha value is -3.39. The first-order chi connectivity index (χ1) is 15.6. The van der Waals surface area contributed by atoms with Crippen LogP contribution >= 0.6 is 0 Å². The lowest BCUT2D eigenvalue weighted by atomic mass is 9.86. The number of ketones is 1. The minimum Gasteiger partial charge on any atom is -0.464 e. The van der Waals surface area contributed by atoms with Gasteiger partial charge in [-0.2, -0.15) is 0 Å². The molecule has 8 nitrogen and oxygen atoms in total. The number of piperazine rings is 1. The quantitative estimate of drug-likeness (QED) is 0.366. The van der Waals surface area contributed by atoms with Gasteiger partial charge in [-0.15, -0.1) is 0 Å². The number of benzene rings is 2. The number of aromatic nitrogens is 1. The SMILES string of the molecule is CCC(=O)OCCNc1cc(N2CCN(C)CC2)c2noc3c2c1C(=O)c1ccccc1-3. The van der Waals surface area contributed by atoms with Crippen LogP contribution in [0.25, 0.3) is 22.2 Å². The van der Waals surface area contributed by atoms with Crippen LogP contribution in [0.2, 0.25) is 0 Å². The third kappa shape index (κ3) is 3.40. The van der Waals surface area contributed by atoms with E-state index in [2.05, 4.69) is 27.3 Å². The second-order valence-electron chi connectivity index (χ2n) is 8.22. The van der Waals surface area contributed by atoms with Gasteiger partial charge in [0.15, 0.2) is 11.5 Å². The first-order valence-corrected chi connectivity index (χ1v) is 11.0. The van der Waals surface area contributed by atoms with E-state index in [1.54, 1.807) is 6.92 Å². The molecule has 3 aromatic rings. The van der Waals surface area contributed by atoms with E-state index in [9.17, 15) is 9.59 Å². The molecule has 0 bridgehead atoms. The highest BCUT2D eigenvalue weighted by atomic mass is 16.5. The molecule has 0 unspecified atom stereocenters. The molecule has 5 rings (SSSR count). The van der Waals surface area contributed by atoms with Crippen molar-refractivity contribution < 1.29 is 18.8 Å². The van der Waals surface area contributed by atoms with Crippen molar-refractivity contribution in [3.63, 3.8) is 0 Å². The lowest BCUT2D eigenvalue weighted by molar-refractivity contribution is -0.142. The predicted molar refractivity (Wildman–Crippen MR) is 122 cm³/mol. The smallest absolute Gasteiger partial charge is 0.305 e. The molecule has 0 amide bonds. The van der Waals surface area contributed by atoms with Gasteiger partial charge < -0.3 is 24.4 Å². The van der Waals surface area contributed by atoms with Crippen LogP contribution in [0, 0.1) is 0 Å². The summed E-state index contributed by atoms with van der Waals surface area (Å²) in [6.07, 6.45) is 0.337. The van der Waals surface area contributed by atoms with E-state index in [1.807, 2.05) is 30.3 Å². The Balaban J connectivity index is 1.60. The van der Waals surface area contributed by atoms with E-state index < -0.39 is 0 Å². The van der Waals surface area contributed by atoms with Crippen molar-refractivity contribution in [3.8, 4) is 11.3 Å². The van der Waals surface area contributed by atoms with Crippen LogP contribution in [0.5, 0.6) is 0 Å². The molecule has 1 aromatic heterocycles. The van der Waals surface area contributed by atoms with Crippen molar-refractivity contribution >= 4 is 34.0 Å². The van der Waals surface area contributed by atoms with Crippen LogP contribution < -0.4 is 10.2 Å². The number of esters is 1. The van der Waals surface area contributed by atoms with Gasteiger partial charge in [-0.05, 0) is 13.1 Å². The van der Waals surface area contributed by atoms with Crippen molar-refractivity contribution in [3.05, 3.63) is 41.5 Å².